The first-order valence-electron chi connectivity index (χ1n) is 19.6. The van der Waals surface area contributed by atoms with E-state index in [2.05, 4.69) is 42.6 Å². The number of carbonyl (C=O) groups excluding carboxylic acids is 4. The number of nitrogens with one attached hydrogen (secondary N) is 2. The Morgan fingerprint density at radius 3 is 2.47 bits per heavy atom. The van der Waals surface area contributed by atoms with Gasteiger partial charge in [-0.1, -0.05) is 17.7 Å². The molecule has 1 unspecified atom stereocenters. The number of carbonyl (C=O) groups is 4. The maximum Gasteiger partial charge on any atom is 0.328 e. The number of anilines is 1. The van der Waals surface area contributed by atoms with Crippen LogP contribution in [-0.2, 0) is 9.59 Å². The first kappa shape index (κ1) is 38.2. The molecule has 296 valence electrons. The quantitative estimate of drug-likeness (QED) is 0.226. The lowest BCUT2D eigenvalue weighted by atomic mass is 9.93. The molecule has 1 saturated carbocycles. The van der Waals surface area contributed by atoms with Gasteiger partial charge in [0.05, 0.1) is 41.0 Å². The van der Waals surface area contributed by atoms with Crippen molar-refractivity contribution in [3.05, 3.63) is 77.1 Å². The van der Waals surface area contributed by atoms with Crippen molar-refractivity contribution in [3.8, 4) is 17.7 Å². The Bertz CT molecular complexity index is 2190. The highest BCUT2D eigenvalue weighted by Crippen LogP contribution is 2.34. The lowest BCUT2D eigenvalue weighted by molar-refractivity contribution is -0.132. The SMILES string of the molecule is N#Cc1ccc(OC2CCC(NC(=O)c3ccc(OC4CCN(C(=O)CN5CCC(n6ccc7c(N8CCC(=O)NC8=O)cccc76)CC5)C4)nn3)CC2)cc1Cl. The zero-order chi connectivity index (χ0) is 39.5. The van der Waals surface area contributed by atoms with Crippen molar-refractivity contribution >= 4 is 51.9 Å². The average molecular weight is 794 g/mol. The van der Waals surface area contributed by atoms with Gasteiger partial charge in [-0.25, -0.2) is 4.79 Å². The standard InChI is InChI=1S/C41H44ClN9O6/c42-33-22-30(7-4-26(33)23-43)56-29-8-5-27(6-9-29)44-40(54)34-10-11-38(47-46-34)57-31-14-19-49(24-31)39(53)25-48-17-12-28(13-18-48)50-20-15-32-35(50)2-1-3-36(32)51-21-16-37(52)45-41(51)55/h1-4,7,10-11,15,20,22,27-29,31H,5-6,8-9,12-14,16-19,21,24-25H2,(H,44,54)(H,45,52,55). The summed E-state index contributed by atoms with van der Waals surface area (Å²) in [4.78, 5) is 56.1. The number of benzene rings is 2. The molecule has 2 N–H and O–H groups in total. The second-order valence-corrected chi connectivity index (χ2v) is 15.5. The molecular weight excluding hydrogens is 750 g/mol. The maximum absolute atomic E-state index is 13.3. The van der Waals surface area contributed by atoms with E-state index in [0.29, 0.717) is 54.8 Å². The van der Waals surface area contributed by atoms with Crippen molar-refractivity contribution in [2.24, 2.45) is 0 Å². The van der Waals surface area contributed by atoms with Crippen LogP contribution >= 0.6 is 11.6 Å². The van der Waals surface area contributed by atoms with Gasteiger partial charge in [0.1, 0.15) is 17.9 Å². The smallest absolute Gasteiger partial charge is 0.328 e. The molecule has 15 nitrogen and oxygen atoms in total. The molecule has 57 heavy (non-hydrogen) atoms. The van der Waals surface area contributed by atoms with Crippen molar-refractivity contribution < 1.29 is 28.7 Å². The van der Waals surface area contributed by atoms with Gasteiger partial charge >= 0.3 is 6.03 Å². The van der Waals surface area contributed by atoms with Crippen LogP contribution in [0.1, 0.15) is 73.5 Å². The molecule has 4 aliphatic rings. The molecule has 0 spiro atoms. The third-order valence-electron chi connectivity index (χ3n) is 11.4. The number of nitrogens with zero attached hydrogens (tertiary/aromatic N) is 7. The molecule has 16 heteroatoms. The summed E-state index contributed by atoms with van der Waals surface area (Å²) in [6.45, 7) is 3.35. The molecule has 0 bridgehead atoms. The van der Waals surface area contributed by atoms with Crippen molar-refractivity contribution in [1.29, 1.82) is 5.26 Å². The van der Waals surface area contributed by atoms with E-state index >= 15 is 0 Å². The molecule has 4 aromatic rings. The molecule has 5 heterocycles. The van der Waals surface area contributed by atoms with E-state index in [4.69, 9.17) is 26.3 Å². The molecule has 8 rings (SSSR count). The predicted molar refractivity (Wildman–Crippen MR) is 210 cm³/mol. The summed E-state index contributed by atoms with van der Waals surface area (Å²) in [5.41, 5.74) is 2.46. The van der Waals surface area contributed by atoms with E-state index in [1.807, 2.05) is 29.2 Å². The second-order valence-electron chi connectivity index (χ2n) is 15.1. The van der Waals surface area contributed by atoms with Gasteiger partial charge in [0.25, 0.3) is 5.91 Å². The molecular formula is C41H44ClN9O6. The van der Waals surface area contributed by atoms with E-state index < -0.39 is 6.03 Å². The lowest BCUT2D eigenvalue weighted by Gasteiger charge is -2.33. The van der Waals surface area contributed by atoms with Gasteiger partial charge in [0, 0.05) is 74.8 Å². The second kappa shape index (κ2) is 16.8. The minimum atomic E-state index is -0.392. The number of urea groups is 1. The number of fused-ring (bicyclic) bond motifs is 1. The Labute approximate surface area is 334 Å². The van der Waals surface area contributed by atoms with Gasteiger partial charge in [0.15, 0.2) is 5.69 Å². The van der Waals surface area contributed by atoms with Gasteiger partial charge in [-0.3, -0.25) is 29.5 Å². The summed E-state index contributed by atoms with van der Waals surface area (Å²) in [7, 11) is 0. The summed E-state index contributed by atoms with van der Waals surface area (Å²) >= 11 is 6.14. The molecule has 0 radical (unpaired) electrons. The van der Waals surface area contributed by atoms with Crippen LogP contribution in [0.3, 0.4) is 0 Å². The minimum Gasteiger partial charge on any atom is -0.490 e. The van der Waals surface area contributed by atoms with E-state index in [9.17, 15) is 19.2 Å². The molecule has 3 saturated heterocycles. The van der Waals surface area contributed by atoms with Crippen molar-refractivity contribution in [2.75, 3.05) is 44.2 Å². The Morgan fingerprint density at radius 1 is 0.912 bits per heavy atom. The molecule has 1 atom stereocenters. The fourth-order valence-corrected chi connectivity index (χ4v) is 8.54. The van der Waals surface area contributed by atoms with Gasteiger partial charge in [-0.05, 0) is 74.9 Å². The molecule has 2 aromatic heterocycles. The van der Waals surface area contributed by atoms with Crippen LogP contribution < -0.4 is 25.0 Å². The zero-order valence-electron chi connectivity index (χ0n) is 31.4. The van der Waals surface area contributed by atoms with Crippen molar-refractivity contribution in [1.82, 2.24) is 35.2 Å². The maximum atomic E-state index is 13.3. The van der Waals surface area contributed by atoms with Gasteiger partial charge in [-0.15, -0.1) is 10.2 Å². The van der Waals surface area contributed by atoms with E-state index in [0.717, 1.165) is 68.2 Å². The van der Waals surface area contributed by atoms with Crippen LogP contribution in [0.5, 0.6) is 11.6 Å². The van der Waals surface area contributed by atoms with Crippen LogP contribution in [0.25, 0.3) is 10.9 Å². The highest BCUT2D eigenvalue weighted by Gasteiger charge is 2.32. The highest BCUT2D eigenvalue weighted by molar-refractivity contribution is 6.31. The molecule has 5 amide bonds. The van der Waals surface area contributed by atoms with Crippen LogP contribution in [0, 0.1) is 11.3 Å². The molecule has 3 aliphatic heterocycles. The fourth-order valence-electron chi connectivity index (χ4n) is 8.33. The number of amides is 5. The summed E-state index contributed by atoms with van der Waals surface area (Å²) in [6.07, 6.45) is 7.65. The third kappa shape index (κ3) is 8.67. The first-order valence-corrected chi connectivity index (χ1v) is 20.0. The predicted octanol–water partition coefficient (Wildman–Crippen LogP) is 4.84. The van der Waals surface area contributed by atoms with E-state index in [1.54, 1.807) is 35.2 Å². The van der Waals surface area contributed by atoms with Gasteiger partial charge in [-0.2, -0.15) is 5.26 Å². The van der Waals surface area contributed by atoms with E-state index in [-0.39, 0.29) is 54.1 Å². The Hall–Kier alpha value is -5.72. The number of rotatable bonds is 10. The monoisotopic (exact) mass is 793 g/mol. The lowest BCUT2D eigenvalue weighted by Crippen LogP contribution is -2.49. The Balaban J connectivity index is 0.756. The third-order valence-corrected chi connectivity index (χ3v) is 11.7. The van der Waals surface area contributed by atoms with Crippen LogP contribution in [0.15, 0.2) is 60.8 Å². The Kier molecular flexibility index (Phi) is 11.2. The summed E-state index contributed by atoms with van der Waals surface area (Å²) in [5, 5.41) is 24.1. The topological polar surface area (TPSA) is 175 Å². The Morgan fingerprint density at radius 2 is 1.74 bits per heavy atom. The number of ether oxygens (including phenoxy) is 2. The summed E-state index contributed by atoms with van der Waals surface area (Å²) < 4.78 is 14.4. The fraction of sp³-hybridized carbons (Fsp3) is 0.439. The van der Waals surface area contributed by atoms with Gasteiger partial charge < -0.3 is 24.3 Å². The van der Waals surface area contributed by atoms with Crippen molar-refractivity contribution in [3.63, 3.8) is 0 Å². The number of halogens is 1. The largest absolute Gasteiger partial charge is 0.490 e. The first-order chi connectivity index (χ1) is 27.7. The number of likely N-dealkylation sites (tertiary alicyclic amines) is 2. The average Bonchev–Trinajstić information content (AvgIpc) is 3.87. The summed E-state index contributed by atoms with van der Waals surface area (Å²) in [6, 6.07) is 18.2. The van der Waals surface area contributed by atoms with E-state index in [1.165, 1.54) is 0 Å². The minimum absolute atomic E-state index is 0.0000466. The molecule has 2 aromatic carbocycles. The molecule has 1 aliphatic carbocycles. The van der Waals surface area contributed by atoms with Gasteiger partial charge in [0.2, 0.25) is 17.7 Å². The number of piperidine rings is 1. The number of imide groups is 1. The molecule has 4 fully saturated rings. The summed E-state index contributed by atoms with van der Waals surface area (Å²) in [5.74, 6) is 0.467. The normalized spacial score (nSPS) is 21.9. The highest BCUT2D eigenvalue weighted by atomic mass is 35.5. The van der Waals surface area contributed by atoms with Crippen LogP contribution in [-0.4, -0.2) is 106 Å². The zero-order valence-corrected chi connectivity index (χ0v) is 32.2. The van der Waals surface area contributed by atoms with Crippen LogP contribution in [0.4, 0.5) is 10.5 Å². The van der Waals surface area contributed by atoms with Crippen LogP contribution in [0.2, 0.25) is 5.02 Å². The van der Waals surface area contributed by atoms with Crippen molar-refractivity contribution in [2.45, 2.75) is 75.7 Å². The number of hydrogen-bond acceptors (Lipinski definition) is 10. The number of aromatic nitrogens is 3. The number of nitriles is 1. The number of hydrogen-bond donors (Lipinski definition) is 2.